The van der Waals surface area contributed by atoms with Gasteiger partial charge in [-0.15, -0.1) is 6.42 Å². The minimum absolute atomic E-state index is 0.165. The van der Waals surface area contributed by atoms with E-state index < -0.39 is 5.82 Å². The maximum absolute atomic E-state index is 13.1. The normalized spacial score (nSPS) is 9.21. The maximum atomic E-state index is 13.1. The fraction of sp³-hybridized carbons (Fsp3) is 0.182. The van der Waals surface area contributed by atoms with Gasteiger partial charge in [0.2, 0.25) is 0 Å². The van der Waals surface area contributed by atoms with Crippen LogP contribution in [0.25, 0.3) is 0 Å². The van der Waals surface area contributed by atoms with Gasteiger partial charge in [-0.25, -0.2) is 4.39 Å². The Labute approximate surface area is 82.1 Å². The van der Waals surface area contributed by atoms with Crippen LogP contribution in [0.2, 0.25) is 0 Å². The van der Waals surface area contributed by atoms with Gasteiger partial charge < -0.3 is 5.32 Å². The van der Waals surface area contributed by atoms with E-state index in [0.717, 1.165) is 6.07 Å². The van der Waals surface area contributed by atoms with Crippen molar-refractivity contribution >= 4 is 5.91 Å². The summed E-state index contributed by atoms with van der Waals surface area (Å²) in [5.74, 6) is 1.35. The molecule has 1 N–H and O–H groups in total. The Morgan fingerprint density at radius 2 is 2.36 bits per heavy atom. The van der Waals surface area contributed by atoms with Gasteiger partial charge >= 0.3 is 0 Å². The van der Waals surface area contributed by atoms with Gasteiger partial charge in [0, 0.05) is 12.1 Å². The molecule has 0 atom stereocenters. The predicted molar refractivity (Wildman–Crippen MR) is 52.3 cm³/mol. The number of carbonyl (C=O) groups excluding carboxylic acids is 1. The molecule has 0 bridgehead atoms. The Kier molecular flexibility index (Phi) is 3.24. The van der Waals surface area contributed by atoms with Gasteiger partial charge in [0.25, 0.3) is 5.91 Å². The van der Waals surface area contributed by atoms with Gasteiger partial charge in [0.15, 0.2) is 0 Å². The summed E-state index contributed by atoms with van der Waals surface area (Å²) in [5.41, 5.74) is 0.446. The molecule has 0 heterocycles. The predicted octanol–water partition coefficient (Wildman–Crippen LogP) is 1.56. The maximum Gasteiger partial charge on any atom is 0.251 e. The molecule has 0 spiro atoms. The van der Waals surface area contributed by atoms with Gasteiger partial charge in [-0.2, -0.15) is 0 Å². The summed E-state index contributed by atoms with van der Waals surface area (Å²) in [6, 6.07) is 4.06. The Balaban J connectivity index is 2.98. The zero-order chi connectivity index (χ0) is 10.6. The first-order chi connectivity index (χ1) is 6.69. The number of hydrogen-bond acceptors (Lipinski definition) is 1. The van der Waals surface area contributed by atoms with Gasteiger partial charge in [-0.05, 0) is 25.1 Å². The molecule has 1 aromatic carbocycles. The van der Waals surface area contributed by atoms with E-state index in [1.54, 1.807) is 6.92 Å². The van der Waals surface area contributed by atoms with Crippen LogP contribution in [0.3, 0.4) is 0 Å². The van der Waals surface area contributed by atoms with Crippen LogP contribution in [-0.2, 0) is 0 Å². The lowest BCUT2D eigenvalue weighted by Gasteiger charge is -2.02. The second-order valence-electron chi connectivity index (χ2n) is 2.70. The van der Waals surface area contributed by atoms with Crippen LogP contribution in [0.4, 0.5) is 4.39 Å². The lowest BCUT2D eigenvalue weighted by Crippen LogP contribution is -2.22. The summed E-state index contributed by atoms with van der Waals surface area (Å²) in [6.07, 6.45) is 5.04. The lowest BCUT2D eigenvalue weighted by molar-refractivity contribution is 0.0955. The summed E-state index contributed by atoms with van der Waals surface area (Å²) in [4.78, 5) is 11.3. The van der Waals surface area contributed by atoms with Crippen LogP contribution in [-0.4, -0.2) is 12.5 Å². The molecule has 3 heteroatoms. The minimum atomic E-state index is -0.545. The molecule has 0 aromatic heterocycles. The molecule has 1 aromatic rings. The fourth-order valence-electron chi connectivity index (χ4n) is 1.04. The molecule has 0 radical (unpaired) electrons. The number of rotatable bonds is 2. The molecule has 2 nitrogen and oxygen atoms in total. The SMILES string of the molecule is C#Cc1ccc(C(=O)NCC)cc1F. The topological polar surface area (TPSA) is 29.1 Å². The van der Waals surface area contributed by atoms with E-state index in [4.69, 9.17) is 6.42 Å². The number of hydrogen-bond donors (Lipinski definition) is 1. The van der Waals surface area contributed by atoms with E-state index in [2.05, 4.69) is 11.2 Å². The van der Waals surface area contributed by atoms with Crippen LogP contribution >= 0.6 is 0 Å². The quantitative estimate of drug-likeness (QED) is 0.706. The van der Waals surface area contributed by atoms with Crippen molar-refractivity contribution in [3.8, 4) is 12.3 Å². The standard InChI is InChI=1S/C11H10FNO/c1-3-8-5-6-9(7-10(8)12)11(14)13-4-2/h1,5-7H,4H2,2H3,(H,13,14). The Morgan fingerprint density at radius 3 is 2.86 bits per heavy atom. The van der Waals surface area contributed by atoms with E-state index in [1.165, 1.54) is 12.1 Å². The highest BCUT2D eigenvalue weighted by molar-refractivity contribution is 5.94. The first-order valence-corrected chi connectivity index (χ1v) is 4.23. The smallest absolute Gasteiger partial charge is 0.251 e. The molecule has 0 fully saturated rings. The zero-order valence-electron chi connectivity index (χ0n) is 7.80. The molecular weight excluding hydrogens is 181 g/mol. The van der Waals surface area contributed by atoms with Gasteiger partial charge in [0.05, 0.1) is 5.56 Å². The van der Waals surface area contributed by atoms with E-state index in [1.807, 2.05) is 0 Å². The molecule has 1 rings (SSSR count). The summed E-state index contributed by atoms with van der Waals surface area (Å²) in [7, 11) is 0. The molecule has 0 saturated heterocycles. The molecule has 72 valence electrons. The van der Waals surface area contributed by atoms with E-state index in [9.17, 15) is 9.18 Å². The summed E-state index contributed by atoms with van der Waals surface area (Å²) < 4.78 is 13.1. The number of halogens is 1. The summed E-state index contributed by atoms with van der Waals surface area (Å²) >= 11 is 0. The first-order valence-electron chi connectivity index (χ1n) is 4.23. The highest BCUT2D eigenvalue weighted by atomic mass is 19.1. The average molecular weight is 191 g/mol. The van der Waals surface area contributed by atoms with Crippen LogP contribution < -0.4 is 5.32 Å². The molecule has 0 saturated carbocycles. The second-order valence-corrected chi connectivity index (χ2v) is 2.70. The van der Waals surface area contributed by atoms with Crippen molar-refractivity contribution in [2.45, 2.75) is 6.92 Å². The van der Waals surface area contributed by atoms with Crippen molar-refractivity contribution in [2.75, 3.05) is 6.54 Å². The Hall–Kier alpha value is -1.82. The third kappa shape index (κ3) is 2.11. The van der Waals surface area contributed by atoms with Gasteiger partial charge in [-0.3, -0.25) is 4.79 Å². The summed E-state index contributed by atoms with van der Waals surface area (Å²) in [5, 5.41) is 2.57. The number of carbonyl (C=O) groups is 1. The third-order valence-electron chi connectivity index (χ3n) is 1.72. The highest BCUT2D eigenvalue weighted by Crippen LogP contribution is 2.09. The summed E-state index contributed by atoms with van der Waals surface area (Å²) in [6.45, 7) is 2.31. The van der Waals surface area contributed by atoms with E-state index >= 15 is 0 Å². The molecule has 0 aliphatic heterocycles. The van der Waals surface area contributed by atoms with E-state index in [0.29, 0.717) is 6.54 Å². The van der Waals surface area contributed by atoms with Crippen molar-refractivity contribution in [1.82, 2.24) is 5.32 Å². The molecule has 0 aliphatic carbocycles. The molecule has 0 aliphatic rings. The van der Waals surface area contributed by atoms with Crippen molar-refractivity contribution in [1.29, 1.82) is 0 Å². The highest BCUT2D eigenvalue weighted by Gasteiger charge is 2.07. The van der Waals surface area contributed by atoms with Crippen molar-refractivity contribution in [3.63, 3.8) is 0 Å². The van der Waals surface area contributed by atoms with Crippen LogP contribution in [0.5, 0.6) is 0 Å². The second kappa shape index (κ2) is 4.43. The molecule has 14 heavy (non-hydrogen) atoms. The third-order valence-corrected chi connectivity index (χ3v) is 1.72. The van der Waals surface area contributed by atoms with Crippen molar-refractivity contribution < 1.29 is 9.18 Å². The first kappa shape index (κ1) is 10.3. The van der Waals surface area contributed by atoms with Crippen molar-refractivity contribution in [2.24, 2.45) is 0 Å². The average Bonchev–Trinajstić information content (AvgIpc) is 2.18. The van der Waals surface area contributed by atoms with Crippen LogP contribution in [0.15, 0.2) is 18.2 Å². The lowest BCUT2D eigenvalue weighted by atomic mass is 10.1. The zero-order valence-corrected chi connectivity index (χ0v) is 7.80. The number of nitrogens with one attached hydrogen (secondary N) is 1. The van der Waals surface area contributed by atoms with E-state index in [-0.39, 0.29) is 17.0 Å². The molecule has 1 amide bonds. The molecule has 0 unspecified atom stereocenters. The van der Waals surface area contributed by atoms with Crippen LogP contribution in [0, 0.1) is 18.2 Å². The van der Waals surface area contributed by atoms with Crippen molar-refractivity contribution in [3.05, 3.63) is 35.1 Å². The van der Waals surface area contributed by atoms with Crippen LogP contribution in [0.1, 0.15) is 22.8 Å². The largest absolute Gasteiger partial charge is 0.352 e. The fourth-order valence-corrected chi connectivity index (χ4v) is 1.04. The number of amides is 1. The minimum Gasteiger partial charge on any atom is -0.352 e. The van der Waals surface area contributed by atoms with Gasteiger partial charge in [-0.1, -0.05) is 5.92 Å². The number of benzene rings is 1. The Bertz CT molecular complexity index is 393. The Morgan fingerprint density at radius 1 is 1.64 bits per heavy atom. The molecular formula is C11H10FNO. The monoisotopic (exact) mass is 191 g/mol. The number of terminal acetylenes is 1. The van der Waals surface area contributed by atoms with Gasteiger partial charge in [0.1, 0.15) is 5.82 Å².